The van der Waals surface area contributed by atoms with Crippen LogP contribution in [0.15, 0.2) is 29.8 Å². The van der Waals surface area contributed by atoms with Crippen molar-refractivity contribution in [1.82, 2.24) is 0 Å². The van der Waals surface area contributed by atoms with E-state index in [1.54, 1.807) is 0 Å². The summed E-state index contributed by atoms with van der Waals surface area (Å²) < 4.78 is 83.8. The Hall–Kier alpha value is -2.44. The molecule has 0 atom stereocenters. The highest BCUT2D eigenvalue weighted by atomic mass is 19.4. The Balaban J connectivity index is 1.46. The van der Waals surface area contributed by atoms with Crippen LogP contribution in [0.5, 0.6) is 5.75 Å². The summed E-state index contributed by atoms with van der Waals surface area (Å²) in [5, 5.41) is 0. The van der Waals surface area contributed by atoms with Gasteiger partial charge in [0.1, 0.15) is 5.82 Å². The Labute approximate surface area is 202 Å². The molecule has 190 valence electrons. The molecule has 2 aromatic carbocycles. The van der Waals surface area contributed by atoms with Crippen LogP contribution in [0.2, 0.25) is 0 Å². The number of alkyl halides is 3. The van der Waals surface area contributed by atoms with Crippen molar-refractivity contribution in [2.45, 2.75) is 77.5 Å². The van der Waals surface area contributed by atoms with Crippen LogP contribution in [0.1, 0.15) is 75.8 Å². The van der Waals surface area contributed by atoms with Crippen LogP contribution in [0, 0.1) is 29.3 Å². The molecule has 35 heavy (non-hydrogen) atoms. The number of hydrogen-bond donors (Lipinski definition) is 0. The number of hydrogen-bond acceptors (Lipinski definition) is 1. The van der Waals surface area contributed by atoms with Gasteiger partial charge in [0, 0.05) is 5.56 Å². The maximum Gasteiger partial charge on any atom is 0.573 e. The number of rotatable bonds is 7. The molecule has 0 radical (unpaired) electrons. The Bertz CT molecular complexity index is 1060. The quantitative estimate of drug-likeness (QED) is 0.347. The standard InChI is InChI=1S/C28H30F6O/c1-2-3-17-4-6-18(7-5-17)8-9-19-10-11-20-13-23(24(29)14-21(20)12-19)22-15-25(30)27(26(31)16-22)35-28(32,33)34/h12-18H,2-11H2,1H3. The first-order valence-electron chi connectivity index (χ1n) is 12.4. The Morgan fingerprint density at radius 1 is 0.829 bits per heavy atom. The van der Waals surface area contributed by atoms with Gasteiger partial charge in [-0.25, -0.2) is 13.2 Å². The molecule has 0 bridgehead atoms. The summed E-state index contributed by atoms with van der Waals surface area (Å²) in [6.45, 7) is 2.24. The van der Waals surface area contributed by atoms with Crippen molar-refractivity contribution in [2.24, 2.45) is 11.8 Å². The monoisotopic (exact) mass is 496 g/mol. The first-order chi connectivity index (χ1) is 16.6. The lowest BCUT2D eigenvalue weighted by molar-refractivity contribution is -0.276. The molecule has 0 N–H and O–H groups in total. The third kappa shape index (κ3) is 6.42. The summed E-state index contributed by atoms with van der Waals surface area (Å²) in [5.41, 5.74) is 2.65. The van der Waals surface area contributed by atoms with Crippen LogP contribution in [0.4, 0.5) is 26.3 Å². The Morgan fingerprint density at radius 2 is 1.46 bits per heavy atom. The van der Waals surface area contributed by atoms with Crippen molar-refractivity contribution in [3.05, 3.63) is 58.4 Å². The maximum absolute atomic E-state index is 14.9. The fraction of sp³-hybridized carbons (Fsp3) is 0.500. The van der Waals surface area contributed by atoms with E-state index < -0.39 is 29.6 Å². The van der Waals surface area contributed by atoms with Gasteiger partial charge in [-0.3, -0.25) is 0 Å². The first kappa shape index (κ1) is 25.6. The summed E-state index contributed by atoms with van der Waals surface area (Å²) in [4.78, 5) is 0. The average Bonchev–Trinajstić information content (AvgIpc) is 2.80. The second-order valence-corrected chi connectivity index (χ2v) is 9.86. The van der Waals surface area contributed by atoms with Crippen LogP contribution in [0.3, 0.4) is 0 Å². The molecule has 0 heterocycles. The molecule has 2 aromatic rings. The normalized spacial score (nSPS) is 20.4. The van der Waals surface area contributed by atoms with Crippen molar-refractivity contribution >= 4 is 6.08 Å². The number of ether oxygens (including phenoxy) is 1. The predicted molar refractivity (Wildman–Crippen MR) is 124 cm³/mol. The van der Waals surface area contributed by atoms with Gasteiger partial charge in [0.25, 0.3) is 0 Å². The zero-order valence-corrected chi connectivity index (χ0v) is 19.8. The molecule has 7 heteroatoms. The van der Waals surface area contributed by atoms with Crippen molar-refractivity contribution < 1.29 is 31.1 Å². The second-order valence-electron chi connectivity index (χ2n) is 9.86. The minimum Gasteiger partial charge on any atom is -0.399 e. The SMILES string of the molecule is CCCC1CCC(CCC2=Cc3cc(F)c(-c4cc(F)c(OC(F)(F)F)c(F)c4)cc3CC2)CC1. The van der Waals surface area contributed by atoms with Crippen LogP contribution in [-0.4, -0.2) is 6.36 Å². The van der Waals surface area contributed by atoms with Crippen molar-refractivity contribution in [3.8, 4) is 16.9 Å². The third-order valence-corrected chi connectivity index (χ3v) is 7.37. The summed E-state index contributed by atoms with van der Waals surface area (Å²) in [5.74, 6) is -3.69. The zero-order valence-electron chi connectivity index (χ0n) is 19.8. The van der Waals surface area contributed by atoms with Crippen LogP contribution in [0.25, 0.3) is 17.2 Å². The highest BCUT2D eigenvalue weighted by molar-refractivity contribution is 5.71. The minimum atomic E-state index is -5.24. The van der Waals surface area contributed by atoms with Gasteiger partial charge in [0.05, 0.1) is 0 Å². The number of aryl methyl sites for hydroxylation is 1. The van der Waals surface area contributed by atoms with E-state index in [-0.39, 0.29) is 11.1 Å². The van der Waals surface area contributed by atoms with Crippen LogP contribution < -0.4 is 4.74 Å². The van der Waals surface area contributed by atoms with E-state index >= 15 is 0 Å². The lowest BCUT2D eigenvalue weighted by Crippen LogP contribution is -2.19. The van der Waals surface area contributed by atoms with E-state index in [1.165, 1.54) is 56.2 Å². The predicted octanol–water partition coefficient (Wildman–Crippen LogP) is 9.39. The summed E-state index contributed by atoms with van der Waals surface area (Å²) in [6, 6.07) is 4.20. The third-order valence-electron chi connectivity index (χ3n) is 7.37. The van der Waals surface area contributed by atoms with Gasteiger partial charge < -0.3 is 4.74 Å². The van der Waals surface area contributed by atoms with Gasteiger partial charge >= 0.3 is 6.36 Å². The fourth-order valence-electron chi connectivity index (χ4n) is 5.53. The zero-order chi connectivity index (χ0) is 25.2. The van der Waals surface area contributed by atoms with Crippen molar-refractivity contribution in [2.75, 3.05) is 0 Å². The Kier molecular flexibility index (Phi) is 7.82. The number of benzene rings is 2. The molecule has 2 aliphatic rings. The summed E-state index contributed by atoms with van der Waals surface area (Å²) >= 11 is 0. The van der Waals surface area contributed by atoms with Gasteiger partial charge in [0.2, 0.25) is 5.75 Å². The van der Waals surface area contributed by atoms with E-state index in [0.717, 1.165) is 42.2 Å². The highest BCUT2D eigenvalue weighted by Crippen LogP contribution is 2.38. The Morgan fingerprint density at radius 3 is 2.06 bits per heavy atom. The van der Waals surface area contributed by atoms with Gasteiger partial charge in [0.15, 0.2) is 11.6 Å². The molecule has 0 spiro atoms. The van der Waals surface area contributed by atoms with E-state index in [1.807, 2.05) is 6.08 Å². The maximum atomic E-state index is 14.9. The van der Waals surface area contributed by atoms with Gasteiger partial charge in [-0.05, 0) is 78.5 Å². The first-order valence-corrected chi connectivity index (χ1v) is 12.4. The van der Waals surface area contributed by atoms with Gasteiger partial charge in [-0.15, -0.1) is 13.2 Å². The van der Waals surface area contributed by atoms with E-state index in [4.69, 9.17) is 0 Å². The molecular weight excluding hydrogens is 466 g/mol. The van der Waals surface area contributed by atoms with E-state index in [9.17, 15) is 26.3 Å². The molecule has 0 aromatic heterocycles. The number of allylic oxidation sites excluding steroid dienone is 1. The molecule has 1 saturated carbocycles. The summed E-state index contributed by atoms with van der Waals surface area (Å²) in [7, 11) is 0. The average molecular weight is 497 g/mol. The lowest BCUT2D eigenvalue weighted by atomic mass is 9.77. The van der Waals surface area contributed by atoms with Gasteiger partial charge in [-0.1, -0.05) is 57.1 Å². The largest absolute Gasteiger partial charge is 0.573 e. The molecule has 0 unspecified atom stereocenters. The summed E-state index contributed by atoms with van der Waals surface area (Å²) in [6.07, 6.45) is 8.20. The second kappa shape index (κ2) is 10.7. The molecule has 0 saturated heterocycles. The van der Waals surface area contributed by atoms with E-state index in [2.05, 4.69) is 11.7 Å². The molecule has 2 aliphatic carbocycles. The fourth-order valence-corrected chi connectivity index (χ4v) is 5.53. The van der Waals surface area contributed by atoms with E-state index in [0.29, 0.717) is 18.6 Å². The van der Waals surface area contributed by atoms with Crippen molar-refractivity contribution in [3.63, 3.8) is 0 Å². The van der Waals surface area contributed by atoms with Crippen LogP contribution in [-0.2, 0) is 6.42 Å². The number of halogens is 6. The lowest BCUT2D eigenvalue weighted by Gasteiger charge is -2.29. The topological polar surface area (TPSA) is 9.23 Å². The number of fused-ring (bicyclic) bond motifs is 1. The molecular formula is C28H30F6O. The molecule has 0 aliphatic heterocycles. The smallest absolute Gasteiger partial charge is 0.399 e. The molecule has 1 nitrogen and oxygen atoms in total. The van der Waals surface area contributed by atoms with Crippen LogP contribution >= 0.6 is 0 Å². The van der Waals surface area contributed by atoms with Crippen molar-refractivity contribution in [1.29, 1.82) is 0 Å². The minimum absolute atomic E-state index is 0.0548. The molecule has 0 amide bonds. The van der Waals surface area contributed by atoms with Gasteiger partial charge in [-0.2, -0.15) is 0 Å². The highest BCUT2D eigenvalue weighted by Gasteiger charge is 2.34. The molecule has 4 rings (SSSR count). The molecule has 1 fully saturated rings.